The Labute approximate surface area is 145 Å². The monoisotopic (exact) mass is 344 g/mol. The molecule has 126 valence electrons. The lowest BCUT2D eigenvalue weighted by molar-refractivity contribution is -0.124. The molecule has 2 rings (SSSR count). The molecule has 5 nitrogen and oxygen atoms in total. The second-order valence-electron chi connectivity index (χ2n) is 5.24. The van der Waals surface area contributed by atoms with Gasteiger partial charge in [-0.05, 0) is 29.5 Å². The number of rotatable bonds is 8. The van der Waals surface area contributed by atoms with Gasteiger partial charge in [0.25, 0.3) is 0 Å². The van der Waals surface area contributed by atoms with Crippen LogP contribution in [-0.4, -0.2) is 24.1 Å². The highest BCUT2D eigenvalue weighted by Crippen LogP contribution is 2.15. The Hall–Kier alpha value is -2.47. The topological polar surface area (TPSA) is 75.3 Å². The Morgan fingerprint density at radius 3 is 2.50 bits per heavy atom. The highest BCUT2D eigenvalue weighted by Gasteiger charge is 2.11. The van der Waals surface area contributed by atoms with Gasteiger partial charge in [0.1, 0.15) is 0 Å². The van der Waals surface area contributed by atoms with Crippen LogP contribution in [0.15, 0.2) is 41.8 Å². The molecule has 6 heteroatoms. The highest BCUT2D eigenvalue weighted by molar-refractivity contribution is 7.12. The van der Waals surface area contributed by atoms with Gasteiger partial charge in [0.2, 0.25) is 11.8 Å². The molecule has 0 fully saturated rings. The standard InChI is InChI=1S/C18H20N2O3S/c1-2-13-6-3-4-7-14(13)20-18(23)12-19-17(22)10-9-15(21)16-8-5-11-24-16/h3-8,11H,2,9-10,12H2,1H3,(H,19,22)(H,20,23). The predicted octanol–water partition coefficient (Wildman–Crippen LogP) is 3.03. The zero-order valence-corrected chi connectivity index (χ0v) is 14.3. The van der Waals surface area contributed by atoms with Gasteiger partial charge >= 0.3 is 0 Å². The third-order valence-electron chi connectivity index (χ3n) is 3.49. The molecule has 1 heterocycles. The van der Waals surface area contributed by atoms with Crippen molar-refractivity contribution in [3.8, 4) is 0 Å². The molecule has 24 heavy (non-hydrogen) atoms. The van der Waals surface area contributed by atoms with Crippen molar-refractivity contribution in [1.29, 1.82) is 0 Å². The Bertz CT molecular complexity index is 711. The van der Waals surface area contributed by atoms with Crippen LogP contribution >= 0.6 is 11.3 Å². The number of ketones is 1. The Balaban J connectivity index is 1.73. The molecule has 0 saturated carbocycles. The van der Waals surface area contributed by atoms with Crippen molar-refractivity contribution < 1.29 is 14.4 Å². The van der Waals surface area contributed by atoms with E-state index < -0.39 is 0 Å². The van der Waals surface area contributed by atoms with E-state index in [0.29, 0.717) is 4.88 Å². The first-order chi connectivity index (χ1) is 11.6. The SMILES string of the molecule is CCc1ccccc1NC(=O)CNC(=O)CCC(=O)c1cccs1. The number of thiophene rings is 1. The van der Waals surface area contributed by atoms with Crippen LogP contribution in [0.2, 0.25) is 0 Å². The first kappa shape index (κ1) is 17.9. The number of carbonyl (C=O) groups excluding carboxylic acids is 3. The number of nitrogens with one attached hydrogen (secondary N) is 2. The van der Waals surface area contributed by atoms with Crippen LogP contribution in [0.4, 0.5) is 5.69 Å². The number of anilines is 1. The molecule has 1 aromatic carbocycles. The Morgan fingerprint density at radius 1 is 1.00 bits per heavy atom. The van der Waals surface area contributed by atoms with Gasteiger partial charge in [-0.1, -0.05) is 31.2 Å². The molecule has 0 bridgehead atoms. The lowest BCUT2D eigenvalue weighted by Gasteiger charge is -2.10. The minimum atomic E-state index is -0.307. The van der Waals surface area contributed by atoms with E-state index in [2.05, 4.69) is 10.6 Å². The van der Waals surface area contributed by atoms with Gasteiger partial charge < -0.3 is 10.6 Å². The maximum Gasteiger partial charge on any atom is 0.243 e. The average molecular weight is 344 g/mol. The normalized spacial score (nSPS) is 10.2. The van der Waals surface area contributed by atoms with Crippen LogP contribution in [0.25, 0.3) is 0 Å². The minimum absolute atomic E-state index is 0.0542. The largest absolute Gasteiger partial charge is 0.347 e. The lowest BCUT2D eigenvalue weighted by atomic mass is 10.1. The number of para-hydroxylation sites is 1. The van der Waals surface area contributed by atoms with E-state index in [1.165, 1.54) is 11.3 Å². The van der Waals surface area contributed by atoms with E-state index >= 15 is 0 Å². The fourth-order valence-corrected chi connectivity index (χ4v) is 2.89. The maximum atomic E-state index is 11.9. The van der Waals surface area contributed by atoms with E-state index in [9.17, 15) is 14.4 Å². The number of Topliss-reactive ketones (excluding diaryl/α,β-unsaturated/α-hetero) is 1. The predicted molar refractivity (Wildman–Crippen MR) is 95.3 cm³/mol. The summed E-state index contributed by atoms with van der Waals surface area (Å²) in [5.74, 6) is -0.644. The van der Waals surface area contributed by atoms with Gasteiger partial charge in [-0.25, -0.2) is 0 Å². The molecule has 0 radical (unpaired) electrons. The average Bonchev–Trinajstić information content (AvgIpc) is 3.13. The van der Waals surface area contributed by atoms with E-state index in [1.54, 1.807) is 12.1 Å². The van der Waals surface area contributed by atoms with E-state index in [-0.39, 0.29) is 37.0 Å². The maximum absolute atomic E-state index is 11.9. The molecule has 2 aromatic rings. The zero-order valence-electron chi connectivity index (χ0n) is 13.5. The molecule has 0 unspecified atom stereocenters. The summed E-state index contributed by atoms with van der Waals surface area (Å²) in [6, 6.07) is 11.1. The number of amides is 2. The number of hydrogen-bond acceptors (Lipinski definition) is 4. The van der Waals surface area contributed by atoms with Gasteiger partial charge in [-0.2, -0.15) is 0 Å². The Morgan fingerprint density at radius 2 is 1.79 bits per heavy atom. The van der Waals surface area contributed by atoms with Crippen LogP contribution < -0.4 is 10.6 Å². The summed E-state index contributed by atoms with van der Waals surface area (Å²) < 4.78 is 0. The minimum Gasteiger partial charge on any atom is -0.347 e. The fraction of sp³-hybridized carbons (Fsp3) is 0.278. The van der Waals surface area contributed by atoms with Gasteiger partial charge in [0, 0.05) is 18.5 Å². The third-order valence-corrected chi connectivity index (χ3v) is 4.40. The van der Waals surface area contributed by atoms with Crippen molar-refractivity contribution in [1.82, 2.24) is 5.32 Å². The molecule has 0 saturated heterocycles. The van der Waals surface area contributed by atoms with Gasteiger partial charge in [-0.15, -0.1) is 11.3 Å². The van der Waals surface area contributed by atoms with Crippen molar-refractivity contribution in [3.63, 3.8) is 0 Å². The van der Waals surface area contributed by atoms with Crippen molar-refractivity contribution in [2.24, 2.45) is 0 Å². The fourth-order valence-electron chi connectivity index (χ4n) is 2.20. The van der Waals surface area contributed by atoms with Crippen LogP contribution in [0, 0.1) is 0 Å². The number of benzene rings is 1. The number of carbonyl (C=O) groups is 3. The summed E-state index contributed by atoms with van der Waals surface area (Å²) in [6.07, 6.45) is 1.04. The third kappa shape index (κ3) is 5.31. The summed E-state index contributed by atoms with van der Waals surface area (Å²) in [6.45, 7) is 1.90. The van der Waals surface area contributed by atoms with Crippen LogP contribution in [-0.2, 0) is 16.0 Å². The number of hydrogen-bond donors (Lipinski definition) is 2. The first-order valence-electron chi connectivity index (χ1n) is 7.81. The van der Waals surface area contributed by atoms with Crippen LogP contribution in [0.1, 0.15) is 35.0 Å². The van der Waals surface area contributed by atoms with Gasteiger partial charge in [0.15, 0.2) is 5.78 Å². The quantitative estimate of drug-likeness (QED) is 0.723. The van der Waals surface area contributed by atoms with Crippen molar-refractivity contribution >= 4 is 34.6 Å². The van der Waals surface area contributed by atoms with Crippen LogP contribution in [0.3, 0.4) is 0 Å². The molecule has 0 aliphatic heterocycles. The van der Waals surface area contributed by atoms with E-state index in [4.69, 9.17) is 0 Å². The van der Waals surface area contributed by atoms with Gasteiger partial charge in [0.05, 0.1) is 11.4 Å². The lowest BCUT2D eigenvalue weighted by Crippen LogP contribution is -2.33. The first-order valence-corrected chi connectivity index (χ1v) is 8.69. The molecule has 0 aliphatic rings. The van der Waals surface area contributed by atoms with Crippen molar-refractivity contribution in [2.75, 3.05) is 11.9 Å². The van der Waals surface area contributed by atoms with E-state index in [0.717, 1.165) is 17.7 Å². The summed E-state index contributed by atoms with van der Waals surface area (Å²) in [7, 11) is 0. The molecule has 2 N–H and O–H groups in total. The molecule has 0 atom stereocenters. The van der Waals surface area contributed by atoms with Gasteiger partial charge in [-0.3, -0.25) is 14.4 Å². The second kappa shape index (κ2) is 8.98. The zero-order chi connectivity index (χ0) is 17.4. The highest BCUT2D eigenvalue weighted by atomic mass is 32.1. The summed E-state index contributed by atoms with van der Waals surface area (Å²) >= 11 is 1.36. The van der Waals surface area contributed by atoms with Crippen LogP contribution in [0.5, 0.6) is 0 Å². The second-order valence-corrected chi connectivity index (χ2v) is 6.18. The summed E-state index contributed by atoms with van der Waals surface area (Å²) in [5.41, 5.74) is 1.80. The molecule has 0 spiro atoms. The van der Waals surface area contributed by atoms with E-state index in [1.807, 2.05) is 36.6 Å². The van der Waals surface area contributed by atoms with Crippen molar-refractivity contribution in [3.05, 3.63) is 52.2 Å². The number of aryl methyl sites for hydroxylation is 1. The molecular formula is C18H20N2O3S. The molecule has 1 aromatic heterocycles. The smallest absolute Gasteiger partial charge is 0.243 e. The summed E-state index contributed by atoms with van der Waals surface area (Å²) in [5, 5.41) is 7.15. The molecule has 2 amide bonds. The Kier molecular flexibility index (Phi) is 6.69. The molecule has 0 aliphatic carbocycles. The summed E-state index contributed by atoms with van der Waals surface area (Å²) in [4.78, 5) is 36.1. The molecular weight excluding hydrogens is 324 g/mol. The van der Waals surface area contributed by atoms with Crippen molar-refractivity contribution in [2.45, 2.75) is 26.2 Å².